The van der Waals surface area contributed by atoms with Crippen LogP contribution < -0.4 is 5.32 Å². The van der Waals surface area contributed by atoms with Gasteiger partial charge in [0.15, 0.2) is 0 Å². The molecule has 0 aliphatic carbocycles. The standard InChI is InChI=1S/C14H16F3NO3/c1-7(2)4-11(14(20)21-3)18-13(19)12-9(16)5-8(15)6-10(12)17/h5-7,11H,4H2,1-3H3,(H,18,19). The Labute approximate surface area is 120 Å². The van der Waals surface area contributed by atoms with E-state index in [9.17, 15) is 22.8 Å². The fourth-order valence-electron chi connectivity index (χ4n) is 1.82. The van der Waals surface area contributed by atoms with Crippen LogP contribution in [-0.4, -0.2) is 25.0 Å². The molecule has 1 amide bonds. The van der Waals surface area contributed by atoms with E-state index in [-0.39, 0.29) is 12.3 Å². The third kappa shape index (κ3) is 4.47. The number of esters is 1. The van der Waals surface area contributed by atoms with Crippen molar-refractivity contribution in [1.82, 2.24) is 5.32 Å². The molecule has 0 spiro atoms. The van der Waals surface area contributed by atoms with Crippen molar-refractivity contribution in [3.05, 3.63) is 35.1 Å². The van der Waals surface area contributed by atoms with Crippen LogP contribution in [0.3, 0.4) is 0 Å². The molecule has 21 heavy (non-hydrogen) atoms. The highest BCUT2D eigenvalue weighted by molar-refractivity contribution is 5.97. The molecule has 0 fully saturated rings. The van der Waals surface area contributed by atoms with Crippen LogP contribution in [0.15, 0.2) is 12.1 Å². The number of carbonyl (C=O) groups is 2. The molecule has 116 valence electrons. The van der Waals surface area contributed by atoms with Gasteiger partial charge in [-0.2, -0.15) is 0 Å². The van der Waals surface area contributed by atoms with Crippen molar-refractivity contribution in [1.29, 1.82) is 0 Å². The van der Waals surface area contributed by atoms with Crippen molar-refractivity contribution in [2.75, 3.05) is 7.11 Å². The first-order valence-electron chi connectivity index (χ1n) is 6.29. The van der Waals surface area contributed by atoms with Gasteiger partial charge in [0.2, 0.25) is 0 Å². The Morgan fingerprint density at radius 1 is 1.19 bits per heavy atom. The number of hydrogen-bond donors (Lipinski definition) is 1. The van der Waals surface area contributed by atoms with E-state index >= 15 is 0 Å². The van der Waals surface area contributed by atoms with E-state index in [0.29, 0.717) is 12.1 Å². The summed E-state index contributed by atoms with van der Waals surface area (Å²) in [7, 11) is 1.14. The molecule has 7 heteroatoms. The van der Waals surface area contributed by atoms with Crippen LogP contribution >= 0.6 is 0 Å². The molecule has 0 bridgehead atoms. The Morgan fingerprint density at radius 3 is 2.14 bits per heavy atom. The van der Waals surface area contributed by atoms with Crippen LogP contribution in [0.25, 0.3) is 0 Å². The Morgan fingerprint density at radius 2 is 1.71 bits per heavy atom. The van der Waals surface area contributed by atoms with Crippen LogP contribution in [0.4, 0.5) is 13.2 Å². The number of ether oxygens (including phenoxy) is 1. The maximum absolute atomic E-state index is 13.5. The molecule has 1 unspecified atom stereocenters. The second kappa shape index (κ2) is 7.10. The van der Waals surface area contributed by atoms with Crippen LogP contribution in [0.2, 0.25) is 0 Å². The average molecular weight is 303 g/mol. The number of carbonyl (C=O) groups excluding carboxylic acids is 2. The van der Waals surface area contributed by atoms with Gasteiger partial charge in [-0.3, -0.25) is 4.79 Å². The molecule has 1 aromatic carbocycles. The van der Waals surface area contributed by atoms with Gasteiger partial charge in [-0.1, -0.05) is 13.8 Å². The molecule has 1 N–H and O–H groups in total. The lowest BCUT2D eigenvalue weighted by Crippen LogP contribution is -2.43. The number of amides is 1. The first-order valence-corrected chi connectivity index (χ1v) is 6.29. The maximum atomic E-state index is 13.5. The monoisotopic (exact) mass is 303 g/mol. The predicted octanol–water partition coefficient (Wildman–Crippen LogP) is 2.42. The average Bonchev–Trinajstić information content (AvgIpc) is 2.35. The first-order chi connectivity index (χ1) is 9.76. The van der Waals surface area contributed by atoms with Gasteiger partial charge in [0, 0.05) is 12.1 Å². The van der Waals surface area contributed by atoms with Crippen LogP contribution in [0.1, 0.15) is 30.6 Å². The molecular weight excluding hydrogens is 287 g/mol. The van der Waals surface area contributed by atoms with Crippen molar-refractivity contribution < 1.29 is 27.5 Å². The third-order valence-corrected chi connectivity index (χ3v) is 2.73. The summed E-state index contributed by atoms with van der Waals surface area (Å²) in [5.74, 6) is -5.62. The third-order valence-electron chi connectivity index (χ3n) is 2.73. The van der Waals surface area contributed by atoms with Crippen molar-refractivity contribution in [3.63, 3.8) is 0 Å². The lowest BCUT2D eigenvalue weighted by Gasteiger charge is -2.18. The van der Waals surface area contributed by atoms with Crippen molar-refractivity contribution in [2.45, 2.75) is 26.3 Å². The van der Waals surface area contributed by atoms with Crippen LogP contribution in [0, 0.1) is 23.4 Å². The lowest BCUT2D eigenvalue weighted by atomic mass is 10.0. The zero-order valence-corrected chi connectivity index (χ0v) is 11.9. The summed E-state index contributed by atoms with van der Waals surface area (Å²) in [4.78, 5) is 23.4. The molecular formula is C14H16F3NO3. The number of halogens is 3. The van der Waals surface area contributed by atoms with Gasteiger partial charge in [-0.15, -0.1) is 0 Å². The normalized spacial score (nSPS) is 12.1. The minimum absolute atomic E-state index is 0.0392. The summed E-state index contributed by atoms with van der Waals surface area (Å²) in [6.07, 6.45) is 0.239. The molecule has 0 aliphatic rings. The SMILES string of the molecule is COC(=O)C(CC(C)C)NC(=O)c1c(F)cc(F)cc1F. The highest BCUT2D eigenvalue weighted by Crippen LogP contribution is 2.16. The van der Waals surface area contributed by atoms with E-state index in [2.05, 4.69) is 10.1 Å². The van der Waals surface area contributed by atoms with E-state index < -0.39 is 40.9 Å². The summed E-state index contributed by atoms with van der Waals surface area (Å²) >= 11 is 0. The molecule has 0 saturated heterocycles. The smallest absolute Gasteiger partial charge is 0.328 e. The fourth-order valence-corrected chi connectivity index (χ4v) is 1.82. The van der Waals surface area contributed by atoms with Crippen molar-refractivity contribution in [3.8, 4) is 0 Å². The molecule has 1 aromatic rings. The van der Waals surface area contributed by atoms with Gasteiger partial charge in [0.05, 0.1) is 7.11 Å². The first kappa shape index (κ1) is 17.0. The summed E-state index contributed by atoms with van der Waals surface area (Å²) in [6.45, 7) is 3.61. The van der Waals surface area contributed by atoms with Gasteiger partial charge in [-0.25, -0.2) is 18.0 Å². The summed E-state index contributed by atoms with van der Waals surface area (Å²) in [5, 5.41) is 2.20. The summed E-state index contributed by atoms with van der Waals surface area (Å²) in [6, 6.07) is -0.243. The predicted molar refractivity (Wildman–Crippen MR) is 69.0 cm³/mol. The van der Waals surface area contributed by atoms with Gasteiger partial charge in [0.25, 0.3) is 5.91 Å². The number of rotatable bonds is 5. The number of nitrogens with one attached hydrogen (secondary N) is 1. The van der Waals surface area contributed by atoms with E-state index in [1.54, 1.807) is 13.8 Å². The highest BCUT2D eigenvalue weighted by atomic mass is 19.1. The summed E-state index contributed by atoms with van der Waals surface area (Å²) < 4.78 is 44.3. The lowest BCUT2D eigenvalue weighted by molar-refractivity contribution is -0.143. The maximum Gasteiger partial charge on any atom is 0.328 e. The number of hydrogen-bond acceptors (Lipinski definition) is 3. The molecule has 0 aliphatic heterocycles. The molecule has 4 nitrogen and oxygen atoms in total. The Balaban J connectivity index is 2.99. The highest BCUT2D eigenvalue weighted by Gasteiger charge is 2.26. The van der Waals surface area contributed by atoms with E-state index in [1.807, 2.05) is 0 Å². The van der Waals surface area contributed by atoms with Crippen molar-refractivity contribution >= 4 is 11.9 Å². The van der Waals surface area contributed by atoms with Gasteiger partial charge >= 0.3 is 5.97 Å². The zero-order chi connectivity index (χ0) is 16.2. The molecule has 1 atom stereocenters. The molecule has 0 saturated carbocycles. The Hall–Kier alpha value is -2.05. The molecule has 0 heterocycles. The minimum Gasteiger partial charge on any atom is -0.467 e. The topological polar surface area (TPSA) is 55.4 Å². The Kier molecular flexibility index (Phi) is 5.75. The van der Waals surface area contributed by atoms with Crippen molar-refractivity contribution in [2.24, 2.45) is 5.92 Å². The largest absolute Gasteiger partial charge is 0.467 e. The van der Waals surface area contributed by atoms with Gasteiger partial charge in [0.1, 0.15) is 29.1 Å². The fraction of sp³-hybridized carbons (Fsp3) is 0.429. The number of methoxy groups -OCH3 is 1. The van der Waals surface area contributed by atoms with Crippen LogP contribution in [-0.2, 0) is 9.53 Å². The van der Waals surface area contributed by atoms with E-state index in [0.717, 1.165) is 7.11 Å². The second-order valence-electron chi connectivity index (χ2n) is 4.92. The van der Waals surface area contributed by atoms with E-state index in [4.69, 9.17) is 0 Å². The Bertz CT molecular complexity index is 523. The number of benzene rings is 1. The van der Waals surface area contributed by atoms with Gasteiger partial charge in [-0.05, 0) is 12.3 Å². The quantitative estimate of drug-likeness (QED) is 0.850. The van der Waals surface area contributed by atoms with Crippen LogP contribution in [0.5, 0.6) is 0 Å². The summed E-state index contributed by atoms with van der Waals surface area (Å²) in [5.41, 5.74) is -0.936. The molecule has 1 rings (SSSR count). The second-order valence-corrected chi connectivity index (χ2v) is 4.92. The molecule has 0 radical (unpaired) electrons. The van der Waals surface area contributed by atoms with Gasteiger partial charge < -0.3 is 10.1 Å². The zero-order valence-electron chi connectivity index (χ0n) is 11.9. The minimum atomic E-state index is -1.34. The van der Waals surface area contributed by atoms with E-state index in [1.165, 1.54) is 0 Å². The molecule has 0 aromatic heterocycles.